The normalized spacial score (nSPS) is 10.8. The molecular formula is C19H19ClN4OS2. The summed E-state index contributed by atoms with van der Waals surface area (Å²) < 4.78 is 1.92. The summed E-state index contributed by atoms with van der Waals surface area (Å²) in [5.41, 5.74) is 0.787. The number of halogens is 1. The molecule has 3 aromatic rings. The van der Waals surface area contributed by atoms with Gasteiger partial charge in [-0.25, -0.2) is 0 Å². The van der Waals surface area contributed by atoms with E-state index in [9.17, 15) is 4.79 Å². The average molecular weight is 419 g/mol. The van der Waals surface area contributed by atoms with Crippen LogP contribution in [0.15, 0.2) is 63.5 Å². The number of benzene rings is 2. The molecule has 0 aliphatic rings. The fourth-order valence-electron chi connectivity index (χ4n) is 2.38. The van der Waals surface area contributed by atoms with Gasteiger partial charge in [-0.15, -0.1) is 10.2 Å². The molecule has 0 saturated heterocycles. The smallest absolute Gasteiger partial charge is 0.234 e. The average Bonchev–Trinajstić information content (AvgIpc) is 3.03. The third-order valence-electron chi connectivity index (χ3n) is 3.78. The first-order chi connectivity index (χ1) is 13.1. The Hall–Kier alpha value is -1.96. The van der Waals surface area contributed by atoms with Crippen LogP contribution in [-0.4, -0.2) is 26.4 Å². The van der Waals surface area contributed by atoms with E-state index in [0.717, 1.165) is 32.9 Å². The number of aromatic nitrogens is 3. The molecule has 0 aliphatic heterocycles. The number of rotatable bonds is 7. The third kappa shape index (κ3) is 5.28. The Balaban J connectivity index is 1.63. The van der Waals surface area contributed by atoms with Gasteiger partial charge in [0.25, 0.3) is 0 Å². The number of thioether (sulfide) groups is 1. The summed E-state index contributed by atoms with van der Waals surface area (Å²) in [6.45, 7) is 2.03. The van der Waals surface area contributed by atoms with Crippen molar-refractivity contribution in [1.82, 2.24) is 14.8 Å². The highest BCUT2D eigenvalue weighted by Crippen LogP contribution is 2.34. The fourth-order valence-corrected chi connectivity index (χ4v) is 4.14. The molecular weight excluding hydrogens is 400 g/mol. The highest BCUT2D eigenvalue weighted by Gasteiger charge is 2.12. The molecule has 0 radical (unpaired) electrons. The topological polar surface area (TPSA) is 59.8 Å². The molecule has 1 N–H and O–H groups in total. The van der Waals surface area contributed by atoms with Crippen molar-refractivity contribution in [2.75, 3.05) is 11.1 Å². The van der Waals surface area contributed by atoms with Gasteiger partial charge < -0.3 is 9.88 Å². The summed E-state index contributed by atoms with van der Waals surface area (Å²) in [5, 5.41) is 12.7. The zero-order chi connectivity index (χ0) is 19.2. The van der Waals surface area contributed by atoms with Gasteiger partial charge in [0.05, 0.1) is 11.4 Å². The van der Waals surface area contributed by atoms with Gasteiger partial charge >= 0.3 is 0 Å². The molecule has 2 aromatic carbocycles. The number of hydrogen-bond acceptors (Lipinski definition) is 5. The van der Waals surface area contributed by atoms with E-state index >= 15 is 0 Å². The summed E-state index contributed by atoms with van der Waals surface area (Å²) >= 11 is 8.90. The zero-order valence-electron chi connectivity index (χ0n) is 15.0. The molecule has 0 spiro atoms. The third-order valence-corrected chi connectivity index (χ3v) is 6.13. The minimum atomic E-state index is -0.0785. The number of carbonyl (C=O) groups is 1. The Labute approximate surface area is 171 Å². The highest BCUT2D eigenvalue weighted by atomic mass is 35.5. The van der Waals surface area contributed by atoms with Crippen LogP contribution in [0.25, 0.3) is 0 Å². The summed E-state index contributed by atoms with van der Waals surface area (Å²) in [7, 11) is 1.91. The first-order valence-corrected chi connectivity index (χ1v) is 10.6. The van der Waals surface area contributed by atoms with Crippen molar-refractivity contribution in [3.63, 3.8) is 0 Å². The van der Waals surface area contributed by atoms with E-state index in [1.165, 1.54) is 11.8 Å². The number of nitrogens with one attached hydrogen (secondary N) is 1. The highest BCUT2D eigenvalue weighted by molar-refractivity contribution is 8.00. The van der Waals surface area contributed by atoms with Gasteiger partial charge in [-0.2, -0.15) is 0 Å². The summed E-state index contributed by atoms with van der Waals surface area (Å²) in [6.07, 6.45) is 0.811. The molecule has 0 atom stereocenters. The fraction of sp³-hybridized carbons (Fsp3) is 0.211. The van der Waals surface area contributed by atoms with Gasteiger partial charge in [0.15, 0.2) is 5.16 Å². The summed E-state index contributed by atoms with van der Waals surface area (Å²) in [5.74, 6) is 1.10. The molecule has 3 rings (SSSR count). The lowest BCUT2D eigenvalue weighted by Gasteiger charge is -2.11. The number of aryl methyl sites for hydroxylation is 1. The standard InChI is InChI=1S/C19H19ClN4OS2/c1-3-17-22-23-19(24(17)2)26-12-18(25)21-15-6-4-5-7-16(15)27-14-10-8-13(20)9-11-14/h4-11H,3,12H2,1-2H3,(H,21,25). The van der Waals surface area contributed by atoms with Gasteiger partial charge in [-0.05, 0) is 36.4 Å². The van der Waals surface area contributed by atoms with Crippen LogP contribution in [0.3, 0.4) is 0 Å². The first-order valence-electron chi connectivity index (χ1n) is 8.40. The number of carbonyl (C=O) groups excluding carboxylic acids is 1. The minimum absolute atomic E-state index is 0.0785. The number of hydrogen-bond donors (Lipinski definition) is 1. The Kier molecular flexibility index (Phi) is 6.82. The van der Waals surface area contributed by atoms with Crippen LogP contribution >= 0.6 is 35.1 Å². The maximum Gasteiger partial charge on any atom is 0.234 e. The van der Waals surface area contributed by atoms with E-state index in [-0.39, 0.29) is 11.7 Å². The molecule has 8 heteroatoms. The van der Waals surface area contributed by atoms with Crippen LogP contribution in [0.1, 0.15) is 12.7 Å². The predicted octanol–water partition coefficient (Wildman–Crippen LogP) is 4.91. The van der Waals surface area contributed by atoms with E-state index in [1.807, 2.05) is 67.1 Å². The minimum Gasteiger partial charge on any atom is -0.324 e. The van der Waals surface area contributed by atoms with Gasteiger partial charge in [-0.3, -0.25) is 4.79 Å². The van der Waals surface area contributed by atoms with Crippen LogP contribution in [-0.2, 0) is 18.3 Å². The number of para-hydroxylation sites is 1. The van der Waals surface area contributed by atoms with Gasteiger partial charge in [0, 0.05) is 28.3 Å². The molecule has 0 unspecified atom stereocenters. The van der Waals surface area contributed by atoms with E-state index in [0.29, 0.717) is 5.02 Å². The molecule has 0 fully saturated rings. The summed E-state index contributed by atoms with van der Waals surface area (Å²) in [4.78, 5) is 14.4. The van der Waals surface area contributed by atoms with Crippen molar-refractivity contribution < 1.29 is 4.79 Å². The van der Waals surface area contributed by atoms with E-state index < -0.39 is 0 Å². The van der Waals surface area contributed by atoms with Crippen molar-refractivity contribution in [2.24, 2.45) is 7.05 Å². The second-order valence-corrected chi connectivity index (χ2v) is 8.19. The first kappa shape index (κ1) is 19.8. The second-order valence-electron chi connectivity index (χ2n) is 5.70. The lowest BCUT2D eigenvalue weighted by atomic mass is 10.3. The molecule has 1 aromatic heterocycles. The Morgan fingerprint density at radius 2 is 1.89 bits per heavy atom. The van der Waals surface area contributed by atoms with E-state index in [4.69, 9.17) is 11.6 Å². The lowest BCUT2D eigenvalue weighted by Crippen LogP contribution is -2.15. The lowest BCUT2D eigenvalue weighted by molar-refractivity contribution is -0.113. The van der Waals surface area contributed by atoms with Gasteiger partial charge in [0.2, 0.25) is 5.91 Å². The summed E-state index contributed by atoms with van der Waals surface area (Å²) in [6, 6.07) is 15.4. The van der Waals surface area contributed by atoms with Gasteiger partial charge in [0.1, 0.15) is 5.82 Å². The molecule has 1 heterocycles. The van der Waals surface area contributed by atoms with Crippen LogP contribution in [0.5, 0.6) is 0 Å². The van der Waals surface area contributed by atoms with Crippen LogP contribution in [0.2, 0.25) is 5.02 Å². The van der Waals surface area contributed by atoms with Crippen molar-refractivity contribution in [3.8, 4) is 0 Å². The molecule has 1 amide bonds. The maximum absolute atomic E-state index is 12.4. The maximum atomic E-state index is 12.4. The van der Waals surface area contributed by atoms with Crippen LogP contribution < -0.4 is 5.32 Å². The largest absolute Gasteiger partial charge is 0.324 e. The molecule has 5 nitrogen and oxygen atoms in total. The zero-order valence-corrected chi connectivity index (χ0v) is 17.4. The Morgan fingerprint density at radius 3 is 2.59 bits per heavy atom. The van der Waals surface area contributed by atoms with E-state index in [1.54, 1.807) is 11.8 Å². The van der Waals surface area contributed by atoms with E-state index in [2.05, 4.69) is 15.5 Å². The molecule has 0 saturated carbocycles. The monoisotopic (exact) mass is 418 g/mol. The number of anilines is 1. The van der Waals surface area contributed by atoms with Crippen molar-refractivity contribution >= 4 is 46.7 Å². The molecule has 27 heavy (non-hydrogen) atoms. The second kappa shape index (κ2) is 9.30. The number of nitrogens with zero attached hydrogens (tertiary/aromatic N) is 3. The SMILES string of the molecule is CCc1nnc(SCC(=O)Nc2ccccc2Sc2ccc(Cl)cc2)n1C. The Bertz CT molecular complexity index is 928. The Morgan fingerprint density at radius 1 is 1.15 bits per heavy atom. The number of amides is 1. The molecule has 0 bridgehead atoms. The predicted molar refractivity (Wildman–Crippen MR) is 112 cm³/mol. The van der Waals surface area contributed by atoms with Gasteiger partial charge in [-0.1, -0.05) is 54.2 Å². The van der Waals surface area contributed by atoms with Crippen molar-refractivity contribution in [2.45, 2.75) is 28.3 Å². The molecule has 140 valence electrons. The quantitative estimate of drug-likeness (QED) is 0.552. The van der Waals surface area contributed by atoms with Crippen LogP contribution in [0.4, 0.5) is 5.69 Å². The molecule has 0 aliphatic carbocycles. The van der Waals surface area contributed by atoms with Crippen molar-refractivity contribution in [1.29, 1.82) is 0 Å². The van der Waals surface area contributed by atoms with Crippen LogP contribution in [0, 0.1) is 0 Å². The van der Waals surface area contributed by atoms with Crippen molar-refractivity contribution in [3.05, 3.63) is 59.4 Å².